The molecule has 1 heterocycles. The number of likely N-dealkylation sites (tertiary alicyclic amines) is 1. The minimum absolute atomic E-state index is 0.132. The van der Waals surface area contributed by atoms with Gasteiger partial charge in [0.2, 0.25) is 0 Å². The van der Waals surface area contributed by atoms with E-state index in [2.05, 4.69) is 41.3 Å². The van der Waals surface area contributed by atoms with Gasteiger partial charge in [-0.3, -0.25) is 4.90 Å². The molecule has 23 heavy (non-hydrogen) atoms. The Morgan fingerprint density at radius 1 is 1.04 bits per heavy atom. The summed E-state index contributed by atoms with van der Waals surface area (Å²) >= 11 is 0. The van der Waals surface area contributed by atoms with E-state index in [0.717, 1.165) is 31.4 Å². The van der Waals surface area contributed by atoms with Crippen molar-refractivity contribution in [2.45, 2.75) is 37.8 Å². The summed E-state index contributed by atoms with van der Waals surface area (Å²) in [4.78, 5) is 2.25. The molecule has 3 nitrogen and oxygen atoms in total. The van der Waals surface area contributed by atoms with E-state index in [4.69, 9.17) is 4.74 Å². The molecule has 0 saturated carbocycles. The van der Waals surface area contributed by atoms with Gasteiger partial charge in [-0.2, -0.15) is 0 Å². The normalized spacial score (nSPS) is 21.5. The monoisotopic (exact) mass is 311 g/mol. The standard InChI is InChI=1S/C20H25NO2/c1-23-19-12-8-16(9-13-19)7-10-18-11-14-20(21(18)15-22)17-5-3-2-4-6-17/h2-6,8-9,12-13,18,20,22H,7,10-11,14-15H2,1H3. The Morgan fingerprint density at radius 2 is 1.78 bits per heavy atom. The predicted molar refractivity (Wildman–Crippen MR) is 92.4 cm³/mol. The van der Waals surface area contributed by atoms with Crippen LogP contribution in [-0.4, -0.2) is 29.9 Å². The largest absolute Gasteiger partial charge is 0.497 e. The van der Waals surface area contributed by atoms with Crippen LogP contribution in [-0.2, 0) is 6.42 Å². The van der Waals surface area contributed by atoms with Gasteiger partial charge < -0.3 is 9.84 Å². The zero-order chi connectivity index (χ0) is 16.1. The smallest absolute Gasteiger partial charge is 0.118 e. The third-order valence-electron chi connectivity index (χ3n) is 4.92. The number of methoxy groups -OCH3 is 1. The summed E-state index contributed by atoms with van der Waals surface area (Å²) in [6, 6.07) is 19.6. The molecule has 0 aromatic heterocycles. The minimum Gasteiger partial charge on any atom is -0.497 e. The summed E-state index contributed by atoms with van der Waals surface area (Å²) in [5, 5.41) is 9.84. The fraction of sp³-hybridized carbons (Fsp3) is 0.400. The van der Waals surface area contributed by atoms with Crippen molar-refractivity contribution in [2.24, 2.45) is 0 Å². The van der Waals surface area contributed by atoms with E-state index in [1.807, 2.05) is 18.2 Å². The Labute approximate surface area is 138 Å². The van der Waals surface area contributed by atoms with E-state index in [1.54, 1.807) is 7.11 Å². The van der Waals surface area contributed by atoms with Crippen molar-refractivity contribution < 1.29 is 9.84 Å². The van der Waals surface area contributed by atoms with Gasteiger partial charge in [0.25, 0.3) is 0 Å². The van der Waals surface area contributed by atoms with Gasteiger partial charge in [-0.05, 0) is 48.9 Å². The maximum Gasteiger partial charge on any atom is 0.118 e. The van der Waals surface area contributed by atoms with Crippen LogP contribution in [0.3, 0.4) is 0 Å². The third-order valence-corrected chi connectivity index (χ3v) is 4.92. The topological polar surface area (TPSA) is 32.7 Å². The minimum atomic E-state index is 0.132. The highest BCUT2D eigenvalue weighted by Gasteiger charge is 2.33. The van der Waals surface area contributed by atoms with Gasteiger partial charge in [0.1, 0.15) is 5.75 Å². The van der Waals surface area contributed by atoms with Gasteiger partial charge in [-0.1, -0.05) is 42.5 Å². The second-order valence-electron chi connectivity index (χ2n) is 6.20. The maximum atomic E-state index is 9.84. The van der Waals surface area contributed by atoms with E-state index < -0.39 is 0 Å². The molecule has 122 valence electrons. The quantitative estimate of drug-likeness (QED) is 0.881. The third kappa shape index (κ3) is 3.74. The molecule has 1 N–H and O–H groups in total. The molecule has 1 aliphatic rings. The van der Waals surface area contributed by atoms with Crippen LogP contribution in [0, 0.1) is 0 Å². The first-order valence-corrected chi connectivity index (χ1v) is 8.36. The Morgan fingerprint density at radius 3 is 2.43 bits per heavy atom. The molecular weight excluding hydrogens is 286 g/mol. The van der Waals surface area contributed by atoms with Crippen molar-refractivity contribution in [1.82, 2.24) is 4.90 Å². The molecule has 1 saturated heterocycles. The van der Waals surface area contributed by atoms with Crippen LogP contribution in [0.2, 0.25) is 0 Å². The molecule has 1 fully saturated rings. The average Bonchev–Trinajstić information content (AvgIpc) is 3.04. The van der Waals surface area contributed by atoms with Gasteiger partial charge in [-0.15, -0.1) is 0 Å². The van der Waals surface area contributed by atoms with Crippen molar-refractivity contribution in [2.75, 3.05) is 13.8 Å². The van der Waals surface area contributed by atoms with Crippen LogP contribution in [0.1, 0.15) is 36.4 Å². The van der Waals surface area contributed by atoms with Crippen LogP contribution in [0.5, 0.6) is 5.75 Å². The lowest BCUT2D eigenvalue weighted by Crippen LogP contribution is -2.32. The molecule has 0 bridgehead atoms. The van der Waals surface area contributed by atoms with Gasteiger partial charge in [0.05, 0.1) is 13.8 Å². The number of benzene rings is 2. The summed E-state index contributed by atoms with van der Waals surface area (Å²) < 4.78 is 5.20. The van der Waals surface area contributed by atoms with E-state index in [0.29, 0.717) is 12.1 Å². The molecular formula is C20H25NO2. The van der Waals surface area contributed by atoms with Crippen LogP contribution < -0.4 is 4.74 Å². The molecule has 3 rings (SSSR count). The predicted octanol–water partition coefficient (Wildman–Crippen LogP) is 3.78. The lowest BCUT2D eigenvalue weighted by Gasteiger charge is -2.28. The Hall–Kier alpha value is -1.84. The van der Waals surface area contributed by atoms with Crippen LogP contribution in [0.25, 0.3) is 0 Å². The molecule has 2 atom stereocenters. The summed E-state index contributed by atoms with van der Waals surface area (Å²) in [6.45, 7) is 0.132. The molecule has 0 amide bonds. The first-order valence-electron chi connectivity index (χ1n) is 8.36. The van der Waals surface area contributed by atoms with Crippen molar-refractivity contribution in [3.63, 3.8) is 0 Å². The lowest BCUT2D eigenvalue weighted by molar-refractivity contribution is 0.0596. The zero-order valence-electron chi connectivity index (χ0n) is 13.7. The summed E-state index contributed by atoms with van der Waals surface area (Å²) in [7, 11) is 1.69. The SMILES string of the molecule is COc1ccc(CCC2CCC(c3ccccc3)N2CO)cc1. The lowest BCUT2D eigenvalue weighted by atomic mass is 10.0. The summed E-state index contributed by atoms with van der Waals surface area (Å²) in [6.07, 6.45) is 4.39. The zero-order valence-corrected chi connectivity index (χ0v) is 13.7. The number of aliphatic hydroxyl groups is 1. The Bertz CT molecular complexity index is 597. The van der Waals surface area contributed by atoms with Gasteiger partial charge in [0, 0.05) is 12.1 Å². The van der Waals surface area contributed by atoms with E-state index in [9.17, 15) is 5.11 Å². The number of rotatable bonds is 6. The molecule has 0 aliphatic carbocycles. The second kappa shape index (κ2) is 7.62. The second-order valence-corrected chi connectivity index (χ2v) is 6.20. The first kappa shape index (κ1) is 16.0. The van der Waals surface area contributed by atoms with Gasteiger partial charge in [-0.25, -0.2) is 0 Å². The van der Waals surface area contributed by atoms with Crippen LogP contribution in [0.4, 0.5) is 0 Å². The fourth-order valence-electron chi connectivity index (χ4n) is 3.62. The van der Waals surface area contributed by atoms with Crippen LogP contribution in [0.15, 0.2) is 54.6 Å². The van der Waals surface area contributed by atoms with E-state index >= 15 is 0 Å². The van der Waals surface area contributed by atoms with Crippen LogP contribution >= 0.6 is 0 Å². The van der Waals surface area contributed by atoms with Crippen molar-refractivity contribution >= 4 is 0 Å². The molecule has 2 unspecified atom stereocenters. The summed E-state index contributed by atoms with van der Waals surface area (Å²) in [5.74, 6) is 0.899. The highest BCUT2D eigenvalue weighted by atomic mass is 16.5. The molecule has 0 spiro atoms. The van der Waals surface area contributed by atoms with Gasteiger partial charge >= 0.3 is 0 Å². The molecule has 2 aromatic carbocycles. The van der Waals surface area contributed by atoms with E-state index in [-0.39, 0.29) is 6.73 Å². The molecule has 2 aromatic rings. The van der Waals surface area contributed by atoms with Crippen molar-refractivity contribution in [3.8, 4) is 5.75 Å². The first-order chi connectivity index (χ1) is 11.3. The number of hydrogen-bond donors (Lipinski definition) is 1. The number of hydrogen-bond acceptors (Lipinski definition) is 3. The van der Waals surface area contributed by atoms with Crippen molar-refractivity contribution in [3.05, 3.63) is 65.7 Å². The number of aliphatic hydroxyl groups excluding tert-OH is 1. The summed E-state index contributed by atoms with van der Waals surface area (Å²) in [5.41, 5.74) is 2.64. The van der Waals surface area contributed by atoms with Gasteiger partial charge in [0.15, 0.2) is 0 Å². The highest BCUT2D eigenvalue weighted by molar-refractivity contribution is 5.27. The van der Waals surface area contributed by atoms with Crippen molar-refractivity contribution in [1.29, 1.82) is 0 Å². The molecule has 0 radical (unpaired) electrons. The average molecular weight is 311 g/mol. The Balaban J connectivity index is 1.61. The Kier molecular flexibility index (Phi) is 5.31. The fourth-order valence-corrected chi connectivity index (χ4v) is 3.62. The highest BCUT2D eigenvalue weighted by Crippen LogP contribution is 2.37. The number of aryl methyl sites for hydroxylation is 1. The number of ether oxygens (including phenoxy) is 1. The number of nitrogens with zero attached hydrogens (tertiary/aromatic N) is 1. The van der Waals surface area contributed by atoms with E-state index in [1.165, 1.54) is 11.1 Å². The molecule has 3 heteroatoms. The maximum absolute atomic E-state index is 9.84. The molecule has 1 aliphatic heterocycles.